The molecule has 41 heavy (non-hydrogen) atoms. The van der Waals surface area contributed by atoms with Gasteiger partial charge in [0.25, 0.3) is 0 Å². The van der Waals surface area contributed by atoms with Crippen LogP contribution in [0.4, 0.5) is 13.2 Å². The van der Waals surface area contributed by atoms with Crippen molar-refractivity contribution in [2.45, 2.75) is 19.4 Å². The van der Waals surface area contributed by atoms with Crippen molar-refractivity contribution in [2.24, 2.45) is 0 Å². The smallest absolute Gasteiger partial charge is 0.489 e. The predicted octanol–water partition coefficient (Wildman–Crippen LogP) is 6.11. The fourth-order valence-electron chi connectivity index (χ4n) is 3.52. The molecule has 0 radical (unpaired) electrons. The number of imidazole rings is 1. The summed E-state index contributed by atoms with van der Waals surface area (Å²) in [6.45, 7) is 0.808. The first kappa shape index (κ1) is 28.6. The lowest BCUT2D eigenvalue weighted by molar-refractivity contribution is -0.192. The molecule has 5 rings (SSSR count). The van der Waals surface area contributed by atoms with Crippen molar-refractivity contribution in [2.75, 3.05) is 0 Å². The number of nitrogens with one attached hydrogen (secondary N) is 1. The minimum absolute atomic E-state index is 0.0794. The maximum absolute atomic E-state index is 11.3. The van der Waals surface area contributed by atoms with E-state index in [1.807, 2.05) is 78.9 Å². The lowest BCUT2D eigenvalue weighted by Crippen LogP contribution is -2.21. The van der Waals surface area contributed by atoms with Gasteiger partial charge in [0.05, 0.1) is 11.1 Å². The van der Waals surface area contributed by atoms with Crippen LogP contribution >= 0.6 is 0 Å². The van der Waals surface area contributed by atoms with E-state index >= 15 is 0 Å². The topological polar surface area (TPSA) is 135 Å². The minimum atomic E-state index is -5.08. The van der Waals surface area contributed by atoms with Gasteiger partial charge in [-0.05, 0) is 29.3 Å². The first-order valence-electron chi connectivity index (χ1n) is 12.0. The van der Waals surface area contributed by atoms with Crippen LogP contribution in [-0.4, -0.2) is 43.3 Å². The number of carbonyl (C=O) groups is 2. The Morgan fingerprint density at radius 3 is 1.98 bits per heavy atom. The molecule has 3 N–H and O–H groups in total. The molecule has 3 aromatic carbocycles. The number of rotatable bonds is 8. The highest BCUT2D eigenvalue weighted by atomic mass is 19.4. The fraction of sp³-hybridized carbons (Fsp3) is 0.103. The Kier molecular flexibility index (Phi) is 8.82. The van der Waals surface area contributed by atoms with Crippen molar-refractivity contribution < 1.29 is 42.4 Å². The molecule has 0 unspecified atom stereocenters. The molecular formula is C29H22F3N3O6. The Balaban J connectivity index is 0.000000493. The van der Waals surface area contributed by atoms with E-state index in [0.717, 1.165) is 16.7 Å². The van der Waals surface area contributed by atoms with Crippen LogP contribution in [-0.2, 0) is 18.0 Å². The van der Waals surface area contributed by atoms with E-state index in [-0.39, 0.29) is 5.56 Å². The highest BCUT2D eigenvalue weighted by Gasteiger charge is 2.38. The molecule has 2 heterocycles. The van der Waals surface area contributed by atoms with Gasteiger partial charge in [-0.25, -0.2) is 19.6 Å². The van der Waals surface area contributed by atoms with Crippen molar-refractivity contribution in [3.63, 3.8) is 0 Å². The van der Waals surface area contributed by atoms with Crippen molar-refractivity contribution in [3.05, 3.63) is 108 Å². The van der Waals surface area contributed by atoms with Gasteiger partial charge >= 0.3 is 18.1 Å². The Morgan fingerprint density at radius 1 is 0.829 bits per heavy atom. The number of halogens is 3. The van der Waals surface area contributed by atoms with Crippen molar-refractivity contribution in [3.8, 4) is 22.9 Å². The normalized spacial score (nSPS) is 10.9. The number of aromatic carboxylic acids is 1. The summed E-state index contributed by atoms with van der Waals surface area (Å²) in [5, 5.41) is 16.4. The molecule has 0 spiro atoms. The number of nitrogens with zero attached hydrogens (tertiary/aromatic N) is 2. The number of hydrogen-bond acceptors (Lipinski definition) is 6. The van der Waals surface area contributed by atoms with Gasteiger partial charge < -0.3 is 24.7 Å². The van der Waals surface area contributed by atoms with Crippen molar-refractivity contribution in [1.82, 2.24) is 15.0 Å². The third-order valence-corrected chi connectivity index (χ3v) is 5.52. The molecule has 0 atom stereocenters. The van der Waals surface area contributed by atoms with E-state index in [0.29, 0.717) is 41.7 Å². The predicted molar refractivity (Wildman–Crippen MR) is 142 cm³/mol. The molecule has 210 valence electrons. The second-order valence-corrected chi connectivity index (χ2v) is 8.49. The first-order valence-corrected chi connectivity index (χ1v) is 12.0. The van der Waals surface area contributed by atoms with Crippen LogP contribution in [0.5, 0.6) is 11.5 Å². The quantitative estimate of drug-likeness (QED) is 0.205. The number of fused-ring (bicyclic) bond motifs is 1. The summed E-state index contributed by atoms with van der Waals surface area (Å²) >= 11 is 0. The monoisotopic (exact) mass is 565 g/mol. The van der Waals surface area contributed by atoms with E-state index < -0.39 is 18.1 Å². The molecular weight excluding hydrogens is 543 g/mol. The summed E-state index contributed by atoms with van der Waals surface area (Å²) in [6, 6.07) is 26.9. The van der Waals surface area contributed by atoms with E-state index in [2.05, 4.69) is 15.0 Å². The zero-order valence-corrected chi connectivity index (χ0v) is 21.1. The number of benzene rings is 3. The number of H-pyrrole nitrogens is 1. The molecule has 12 heteroatoms. The van der Waals surface area contributed by atoms with Crippen LogP contribution in [0.25, 0.3) is 22.6 Å². The maximum Gasteiger partial charge on any atom is 0.490 e. The van der Waals surface area contributed by atoms with Crippen LogP contribution in [0.3, 0.4) is 0 Å². The Hall–Kier alpha value is -5.39. The molecule has 9 nitrogen and oxygen atoms in total. The minimum Gasteiger partial charge on any atom is -0.489 e. The standard InChI is InChI=1S/C27H21N3O4.C2HF3O2/c31-27(32)20-13-23-26(28-15-20)30-25(29-23)22-12-11-21(33-16-18-7-3-1-4-8-18)14-24(22)34-17-19-9-5-2-6-10-19;3-2(4,5)1(6)7/h1-15H,16-17H2,(H,31,32)(H,28,29,30);(H,6,7). The number of carboxylic acid groups (broad SMARTS) is 2. The number of hydrogen-bond donors (Lipinski definition) is 3. The second-order valence-electron chi connectivity index (χ2n) is 8.49. The van der Waals surface area contributed by atoms with Gasteiger partial charge in [0.15, 0.2) is 5.65 Å². The first-order chi connectivity index (χ1) is 19.6. The maximum atomic E-state index is 11.3. The number of aliphatic carboxylic acids is 1. The second kappa shape index (κ2) is 12.6. The third-order valence-electron chi connectivity index (χ3n) is 5.52. The largest absolute Gasteiger partial charge is 0.490 e. The van der Waals surface area contributed by atoms with Crippen LogP contribution in [0.15, 0.2) is 91.1 Å². The van der Waals surface area contributed by atoms with Gasteiger partial charge in [0.1, 0.15) is 36.1 Å². The molecule has 2 aromatic heterocycles. The molecule has 0 saturated carbocycles. The van der Waals surface area contributed by atoms with E-state index in [4.69, 9.17) is 19.4 Å². The number of aromatic amines is 1. The summed E-state index contributed by atoms with van der Waals surface area (Å²) in [7, 11) is 0. The molecule has 0 saturated heterocycles. The number of aromatic nitrogens is 3. The number of carboxylic acids is 2. The van der Waals surface area contributed by atoms with Crippen molar-refractivity contribution in [1.29, 1.82) is 0 Å². The lowest BCUT2D eigenvalue weighted by Gasteiger charge is -2.13. The highest BCUT2D eigenvalue weighted by molar-refractivity contribution is 5.91. The Bertz CT molecular complexity index is 1640. The summed E-state index contributed by atoms with van der Waals surface area (Å²) in [6.07, 6.45) is -3.78. The number of alkyl halides is 3. The molecule has 0 amide bonds. The molecule has 0 aliphatic rings. The summed E-state index contributed by atoms with van der Waals surface area (Å²) in [4.78, 5) is 32.1. The zero-order chi connectivity index (χ0) is 29.4. The summed E-state index contributed by atoms with van der Waals surface area (Å²) in [5.74, 6) is -2.02. The average molecular weight is 566 g/mol. The van der Waals surface area contributed by atoms with Gasteiger partial charge in [-0.1, -0.05) is 60.7 Å². The van der Waals surface area contributed by atoms with Gasteiger partial charge in [-0.2, -0.15) is 13.2 Å². The lowest BCUT2D eigenvalue weighted by atomic mass is 10.1. The number of pyridine rings is 1. The van der Waals surface area contributed by atoms with Gasteiger partial charge in [-0.3, -0.25) is 0 Å². The van der Waals surface area contributed by atoms with Crippen LogP contribution in [0, 0.1) is 0 Å². The fourth-order valence-corrected chi connectivity index (χ4v) is 3.52. The van der Waals surface area contributed by atoms with Crippen LogP contribution in [0.2, 0.25) is 0 Å². The van der Waals surface area contributed by atoms with E-state index in [1.165, 1.54) is 12.3 Å². The SMILES string of the molecule is O=C(O)C(F)(F)F.O=C(O)c1cnc2[nH]c(-c3ccc(OCc4ccccc4)cc3OCc3ccccc3)nc2c1. The molecule has 0 bridgehead atoms. The van der Waals surface area contributed by atoms with Crippen molar-refractivity contribution >= 4 is 23.1 Å². The van der Waals surface area contributed by atoms with Crippen LogP contribution in [0.1, 0.15) is 21.5 Å². The van der Waals surface area contributed by atoms with Gasteiger partial charge in [0, 0.05) is 12.3 Å². The zero-order valence-electron chi connectivity index (χ0n) is 21.1. The highest BCUT2D eigenvalue weighted by Crippen LogP contribution is 2.34. The molecule has 0 aliphatic carbocycles. The van der Waals surface area contributed by atoms with E-state index in [1.54, 1.807) is 0 Å². The molecule has 0 fully saturated rings. The van der Waals surface area contributed by atoms with E-state index in [9.17, 15) is 23.1 Å². The summed E-state index contributed by atoms with van der Waals surface area (Å²) < 4.78 is 43.9. The molecule has 0 aliphatic heterocycles. The van der Waals surface area contributed by atoms with Crippen LogP contribution < -0.4 is 9.47 Å². The third kappa shape index (κ3) is 7.82. The van der Waals surface area contributed by atoms with Gasteiger partial charge in [0.2, 0.25) is 0 Å². The van der Waals surface area contributed by atoms with Gasteiger partial charge in [-0.15, -0.1) is 0 Å². The molecule has 5 aromatic rings. The Labute approximate surface area is 230 Å². The summed E-state index contributed by atoms with van der Waals surface area (Å²) in [5.41, 5.74) is 3.86. The average Bonchev–Trinajstić information content (AvgIpc) is 3.39. The Morgan fingerprint density at radius 2 is 1.41 bits per heavy atom. The number of ether oxygens (including phenoxy) is 2.